The molecular weight excluding hydrogens is 422 g/mol. The van der Waals surface area contributed by atoms with Gasteiger partial charge in [-0.05, 0) is 44.2 Å². The number of hydrogen-bond acceptors (Lipinski definition) is 8. The van der Waals surface area contributed by atoms with Gasteiger partial charge in [-0.1, -0.05) is 17.7 Å². The first kappa shape index (κ1) is 20.3. The normalized spacial score (nSPS) is 14.1. The van der Waals surface area contributed by atoms with Gasteiger partial charge in [0.1, 0.15) is 28.5 Å². The van der Waals surface area contributed by atoms with Gasteiger partial charge in [-0.15, -0.1) is 0 Å². The zero-order chi connectivity index (χ0) is 22.1. The number of amides is 1. The molecule has 0 radical (unpaired) electrons. The third kappa shape index (κ3) is 4.24. The number of piperazine rings is 1. The summed E-state index contributed by atoms with van der Waals surface area (Å²) in [6.07, 6.45) is 0. The zero-order valence-corrected chi connectivity index (χ0v) is 18.8. The van der Waals surface area contributed by atoms with Crippen molar-refractivity contribution in [3.05, 3.63) is 65.5 Å². The molecule has 8 nitrogen and oxygen atoms in total. The first-order chi connectivity index (χ1) is 15.5. The minimum Gasteiger partial charge on any atom is -0.353 e. The third-order valence-electron chi connectivity index (χ3n) is 5.54. The van der Waals surface area contributed by atoms with Gasteiger partial charge in [0, 0.05) is 43.5 Å². The molecule has 4 aromatic rings. The molecule has 1 fully saturated rings. The largest absolute Gasteiger partial charge is 0.353 e. The van der Waals surface area contributed by atoms with Crippen LogP contribution < -0.4 is 10.2 Å². The lowest BCUT2D eigenvalue weighted by Crippen LogP contribution is -2.49. The van der Waals surface area contributed by atoms with Crippen LogP contribution in [0.25, 0.3) is 11.0 Å². The Kier molecular flexibility index (Phi) is 5.40. The summed E-state index contributed by atoms with van der Waals surface area (Å²) in [7, 11) is 0. The summed E-state index contributed by atoms with van der Waals surface area (Å²) in [4.78, 5) is 26.2. The van der Waals surface area contributed by atoms with E-state index in [2.05, 4.69) is 48.0 Å². The molecule has 1 aliphatic rings. The summed E-state index contributed by atoms with van der Waals surface area (Å²) in [5, 5.41) is 3.36. The van der Waals surface area contributed by atoms with Crippen molar-refractivity contribution in [1.29, 1.82) is 0 Å². The van der Waals surface area contributed by atoms with Crippen LogP contribution in [-0.2, 0) is 0 Å². The first-order valence-corrected chi connectivity index (χ1v) is 11.2. The van der Waals surface area contributed by atoms with Gasteiger partial charge in [0.25, 0.3) is 5.91 Å². The number of anilines is 3. The van der Waals surface area contributed by atoms with Crippen LogP contribution in [0.1, 0.15) is 21.7 Å². The van der Waals surface area contributed by atoms with Crippen molar-refractivity contribution in [3.8, 4) is 0 Å². The van der Waals surface area contributed by atoms with E-state index in [4.69, 9.17) is 0 Å². The van der Waals surface area contributed by atoms with Crippen LogP contribution in [0.15, 0.2) is 48.5 Å². The van der Waals surface area contributed by atoms with Crippen molar-refractivity contribution in [2.75, 3.05) is 36.4 Å². The van der Waals surface area contributed by atoms with Gasteiger partial charge >= 0.3 is 0 Å². The Hall–Kier alpha value is -3.59. The molecular formula is C23H23N7OS. The van der Waals surface area contributed by atoms with Crippen LogP contribution in [0.4, 0.5) is 17.3 Å². The molecule has 1 aliphatic heterocycles. The van der Waals surface area contributed by atoms with Gasteiger partial charge in [0.05, 0.1) is 11.7 Å². The van der Waals surface area contributed by atoms with Gasteiger partial charge in [0.2, 0.25) is 0 Å². The molecule has 2 aromatic heterocycles. The van der Waals surface area contributed by atoms with Crippen LogP contribution in [0, 0.1) is 13.8 Å². The fourth-order valence-corrected chi connectivity index (χ4v) is 4.32. The minimum absolute atomic E-state index is 0.0279. The summed E-state index contributed by atoms with van der Waals surface area (Å²) in [5.74, 6) is 2.37. The van der Waals surface area contributed by atoms with Crippen molar-refractivity contribution >= 4 is 46.0 Å². The molecule has 9 heteroatoms. The monoisotopic (exact) mass is 445 g/mol. The van der Waals surface area contributed by atoms with E-state index in [1.807, 2.05) is 48.2 Å². The molecule has 1 saturated heterocycles. The molecule has 32 heavy (non-hydrogen) atoms. The fourth-order valence-electron chi connectivity index (χ4n) is 3.80. The van der Waals surface area contributed by atoms with Crippen LogP contribution in [-0.4, -0.2) is 55.7 Å². The summed E-state index contributed by atoms with van der Waals surface area (Å²) in [5.41, 5.74) is 4.45. The highest BCUT2D eigenvalue weighted by Gasteiger charge is 2.24. The Labute approximate surface area is 190 Å². The Morgan fingerprint density at radius 1 is 0.906 bits per heavy atom. The average molecular weight is 446 g/mol. The lowest BCUT2D eigenvalue weighted by atomic mass is 10.1. The molecule has 3 heterocycles. The van der Waals surface area contributed by atoms with Gasteiger partial charge < -0.3 is 15.1 Å². The Morgan fingerprint density at radius 2 is 1.66 bits per heavy atom. The van der Waals surface area contributed by atoms with Crippen molar-refractivity contribution in [3.63, 3.8) is 0 Å². The van der Waals surface area contributed by atoms with E-state index in [9.17, 15) is 4.79 Å². The number of carbonyl (C=O) groups is 1. The molecule has 0 spiro atoms. The number of rotatable bonds is 4. The van der Waals surface area contributed by atoms with E-state index in [-0.39, 0.29) is 5.91 Å². The number of fused-ring (bicyclic) bond motifs is 1. The minimum atomic E-state index is 0.0279. The summed E-state index contributed by atoms with van der Waals surface area (Å²) >= 11 is 1.16. The molecule has 0 saturated carbocycles. The van der Waals surface area contributed by atoms with E-state index in [0.29, 0.717) is 37.6 Å². The topological polar surface area (TPSA) is 87.1 Å². The molecule has 1 N–H and O–H groups in total. The van der Waals surface area contributed by atoms with Crippen LogP contribution in [0.2, 0.25) is 0 Å². The maximum atomic E-state index is 13.0. The smallest absolute Gasteiger partial charge is 0.254 e. The number of aryl methyl sites for hydroxylation is 2. The zero-order valence-electron chi connectivity index (χ0n) is 17.9. The maximum absolute atomic E-state index is 13.0. The Balaban J connectivity index is 1.26. The van der Waals surface area contributed by atoms with Gasteiger partial charge in [0.15, 0.2) is 0 Å². The predicted molar refractivity (Wildman–Crippen MR) is 127 cm³/mol. The van der Waals surface area contributed by atoms with Crippen molar-refractivity contribution in [1.82, 2.24) is 23.6 Å². The van der Waals surface area contributed by atoms with Crippen molar-refractivity contribution in [2.24, 2.45) is 0 Å². The first-order valence-electron chi connectivity index (χ1n) is 10.5. The number of nitrogens with zero attached hydrogens (tertiary/aromatic N) is 6. The molecule has 0 bridgehead atoms. The van der Waals surface area contributed by atoms with Gasteiger partial charge in [-0.25, -0.2) is 9.97 Å². The summed E-state index contributed by atoms with van der Waals surface area (Å²) < 4.78 is 8.44. The number of nitrogens with one attached hydrogen (secondary N) is 1. The summed E-state index contributed by atoms with van der Waals surface area (Å²) in [6.45, 7) is 6.66. The average Bonchev–Trinajstić information content (AvgIpc) is 3.28. The number of aromatic nitrogens is 4. The number of benzene rings is 2. The van der Waals surface area contributed by atoms with Crippen LogP contribution >= 0.6 is 11.7 Å². The third-order valence-corrected chi connectivity index (χ3v) is 6.10. The number of hydrogen-bond donors (Lipinski definition) is 1. The van der Waals surface area contributed by atoms with E-state index in [0.717, 1.165) is 40.1 Å². The molecule has 1 amide bonds. The number of carbonyl (C=O) groups excluding carboxylic acids is 1. The van der Waals surface area contributed by atoms with Gasteiger partial charge in [-0.3, -0.25) is 4.79 Å². The lowest BCUT2D eigenvalue weighted by Gasteiger charge is -2.35. The summed E-state index contributed by atoms with van der Waals surface area (Å²) in [6, 6.07) is 15.7. The fraction of sp³-hybridized carbons (Fsp3) is 0.261. The van der Waals surface area contributed by atoms with E-state index in [1.165, 1.54) is 5.56 Å². The van der Waals surface area contributed by atoms with E-state index < -0.39 is 0 Å². The molecule has 0 atom stereocenters. The van der Waals surface area contributed by atoms with Gasteiger partial charge in [-0.2, -0.15) is 8.75 Å². The molecule has 0 unspecified atom stereocenters. The molecule has 5 rings (SSSR count). The molecule has 2 aromatic carbocycles. The lowest BCUT2D eigenvalue weighted by molar-refractivity contribution is 0.0746. The SMILES string of the molecule is Cc1ccc(Nc2cc(N3CCN(C(=O)c4ccc5nsnc5c4)CC3)nc(C)n2)cc1. The van der Waals surface area contributed by atoms with Crippen molar-refractivity contribution < 1.29 is 4.79 Å². The Morgan fingerprint density at radius 3 is 2.44 bits per heavy atom. The quantitative estimate of drug-likeness (QED) is 0.511. The molecule has 162 valence electrons. The highest BCUT2D eigenvalue weighted by Crippen LogP contribution is 2.22. The second-order valence-corrected chi connectivity index (χ2v) is 8.43. The van der Waals surface area contributed by atoms with Crippen molar-refractivity contribution in [2.45, 2.75) is 13.8 Å². The van der Waals surface area contributed by atoms with Crippen LogP contribution in [0.5, 0.6) is 0 Å². The second kappa shape index (κ2) is 8.51. The highest BCUT2D eigenvalue weighted by atomic mass is 32.1. The van der Waals surface area contributed by atoms with E-state index >= 15 is 0 Å². The maximum Gasteiger partial charge on any atom is 0.254 e. The molecule has 0 aliphatic carbocycles. The Bertz CT molecular complexity index is 1260. The second-order valence-electron chi connectivity index (χ2n) is 7.90. The highest BCUT2D eigenvalue weighted by molar-refractivity contribution is 7.00. The van der Waals surface area contributed by atoms with E-state index in [1.54, 1.807) is 0 Å². The van der Waals surface area contributed by atoms with Crippen LogP contribution in [0.3, 0.4) is 0 Å². The predicted octanol–water partition coefficient (Wildman–Crippen LogP) is 3.80. The standard InChI is InChI=1S/C23H23N7OS/c1-15-3-6-18(7-4-15)26-21-14-22(25-16(2)24-21)29-9-11-30(12-10-29)23(31)17-5-8-19-20(13-17)28-32-27-19/h3-8,13-14H,9-12H2,1-2H3,(H,24,25,26).